The number of hydrogen-bond acceptors (Lipinski definition) is 7. The lowest BCUT2D eigenvalue weighted by Gasteiger charge is -2.08. The van der Waals surface area contributed by atoms with Crippen molar-refractivity contribution < 1.29 is 28.5 Å². The zero-order valence-corrected chi connectivity index (χ0v) is 21.8. The molecule has 0 fully saturated rings. The van der Waals surface area contributed by atoms with Crippen LogP contribution in [0.15, 0.2) is 50.0 Å². The van der Waals surface area contributed by atoms with Gasteiger partial charge < -0.3 is 28.5 Å². The molecule has 1 unspecified atom stereocenters. The predicted molar refractivity (Wildman–Crippen MR) is 145 cm³/mol. The molecule has 198 valence electrons. The Hall–Kier alpha value is -3.45. The monoisotopic (exact) mass is 508 g/mol. The molecular weight excluding hydrogens is 472 g/mol. The number of benzene rings is 2. The van der Waals surface area contributed by atoms with Crippen molar-refractivity contribution in [3.05, 3.63) is 52.4 Å². The highest BCUT2D eigenvalue weighted by Gasteiger charge is 2.21. The van der Waals surface area contributed by atoms with E-state index < -0.39 is 6.10 Å². The fraction of sp³-hybridized carbons (Fsp3) is 0.433. The maximum Gasteiger partial charge on any atom is 0.197 e. The van der Waals surface area contributed by atoms with Crippen molar-refractivity contribution in [3.8, 4) is 28.6 Å². The summed E-state index contributed by atoms with van der Waals surface area (Å²) in [6.45, 7) is 2.22. The summed E-state index contributed by atoms with van der Waals surface area (Å²) in [5.41, 5.74) is 0.934. The molecule has 0 aliphatic heterocycles. The Morgan fingerprint density at radius 1 is 0.865 bits per heavy atom. The summed E-state index contributed by atoms with van der Waals surface area (Å²) in [6, 6.07) is 9.52. The van der Waals surface area contributed by atoms with Gasteiger partial charge >= 0.3 is 0 Å². The maximum absolute atomic E-state index is 13.2. The van der Waals surface area contributed by atoms with Crippen LogP contribution >= 0.6 is 0 Å². The van der Waals surface area contributed by atoms with Gasteiger partial charge in [-0.25, -0.2) is 0 Å². The molecule has 0 saturated heterocycles. The Balaban J connectivity index is 1.58. The lowest BCUT2D eigenvalue weighted by molar-refractivity contribution is 0.139. The molecule has 7 nitrogen and oxygen atoms in total. The highest BCUT2D eigenvalue weighted by molar-refractivity contribution is 6.05. The first-order valence-corrected chi connectivity index (χ1v) is 13.1. The topological polar surface area (TPSA) is 102 Å². The third kappa shape index (κ3) is 5.93. The number of unbranched alkanes of at least 4 members (excludes halogenated alkanes) is 7. The zero-order chi connectivity index (χ0) is 26.4. The highest BCUT2D eigenvalue weighted by atomic mass is 16.5. The number of furan rings is 1. The molecule has 1 atom stereocenters. The minimum atomic E-state index is -0.761. The molecule has 2 heterocycles. The summed E-state index contributed by atoms with van der Waals surface area (Å²) in [4.78, 5) is 13.2. The van der Waals surface area contributed by atoms with E-state index in [1.807, 2.05) is 0 Å². The molecule has 4 rings (SSSR count). The molecule has 0 aliphatic rings. The number of fused-ring (bicyclic) bond motifs is 3. The highest BCUT2D eigenvalue weighted by Crippen LogP contribution is 2.38. The van der Waals surface area contributed by atoms with E-state index in [1.165, 1.54) is 64.9 Å². The van der Waals surface area contributed by atoms with E-state index in [9.17, 15) is 15.0 Å². The van der Waals surface area contributed by atoms with Crippen molar-refractivity contribution in [1.29, 1.82) is 0 Å². The summed E-state index contributed by atoms with van der Waals surface area (Å²) in [6.07, 6.45) is 9.34. The largest absolute Gasteiger partial charge is 0.504 e. The van der Waals surface area contributed by atoms with Gasteiger partial charge in [-0.1, -0.05) is 58.3 Å². The number of methoxy groups -OCH3 is 2. The number of aromatic hydroxyl groups is 1. The minimum absolute atomic E-state index is 0.00795. The van der Waals surface area contributed by atoms with Crippen LogP contribution in [0.25, 0.3) is 33.3 Å². The third-order valence-corrected chi connectivity index (χ3v) is 6.82. The molecule has 0 radical (unpaired) electrons. The summed E-state index contributed by atoms with van der Waals surface area (Å²) in [7, 11) is 2.99. The fourth-order valence-corrected chi connectivity index (χ4v) is 4.73. The Morgan fingerprint density at radius 3 is 2.27 bits per heavy atom. The lowest BCUT2D eigenvalue weighted by atomic mass is 10.0. The summed E-state index contributed by atoms with van der Waals surface area (Å²) in [5.74, 6) is 1.48. The molecule has 0 saturated carbocycles. The average molecular weight is 509 g/mol. The molecule has 2 N–H and O–H groups in total. The Morgan fingerprint density at radius 2 is 1.57 bits per heavy atom. The molecule has 0 bridgehead atoms. The molecule has 2 aromatic heterocycles. The van der Waals surface area contributed by atoms with E-state index in [0.717, 1.165) is 12.8 Å². The number of phenols is 1. The van der Waals surface area contributed by atoms with Crippen LogP contribution in [0.2, 0.25) is 0 Å². The van der Waals surface area contributed by atoms with Crippen LogP contribution < -0.4 is 14.9 Å². The molecule has 0 spiro atoms. The van der Waals surface area contributed by atoms with Gasteiger partial charge in [-0.3, -0.25) is 4.79 Å². The molecular formula is C30H36O7. The number of aliphatic hydroxyl groups is 1. The van der Waals surface area contributed by atoms with Gasteiger partial charge in [0.05, 0.1) is 19.6 Å². The summed E-state index contributed by atoms with van der Waals surface area (Å²) in [5, 5.41) is 21.6. The van der Waals surface area contributed by atoms with Crippen molar-refractivity contribution in [1.82, 2.24) is 0 Å². The van der Waals surface area contributed by atoms with Crippen molar-refractivity contribution in [2.75, 3.05) is 14.2 Å². The molecule has 37 heavy (non-hydrogen) atoms. The van der Waals surface area contributed by atoms with E-state index in [1.54, 1.807) is 24.3 Å². The van der Waals surface area contributed by atoms with Gasteiger partial charge in [-0.2, -0.15) is 0 Å². The van der Waals surface area contributed by atoms with Crippen LogP contribution in [0.3, 0.4) is 0 Å². The van der Waals surface area contributed by atoms with Gasteiger partial charge in [0.2, 0.25) is 0 Å². The molecule has 4 aromatic rings. The molecule has 2 aromatic carbocycles. The quantitative estimate of drug-likeness (QED) is 0.180. The summed E-state index contributed by atoms with van der Waals surface area (Å²) < 4.78 is 22.9. The second-order valence-electron chi connectivity index (χ2n) is 9.48. The number of ether oxygens (including phenoxy) is 2. The number of rotatable bonds is 13. The molecule has 0 amide bonds. The van der Waals surface area contributed by atoms with Crippen LogP contribution in [-0.4, -0.2) is 24.4 Å². The zero-order valence-electron chi connectivity index (χ0n) is 21.8. The fourth-order valence-electron chi connectivity index (χ4n) is 4.73. The van der Waals surface area contributed by atoms with E-state index in [0.29, 0.717) is 45.8 Å². The Labute approximate surface area is 216 Å². The van der Waals surface area contributed by atoms with Gasteiger partial charge in [0.15, 0.2) is 22.5 Å². The summed E-state index contributed by atoms with van der Waals surface area (Å²) >= 11 is 0. The smallest absolute Gasteiger partial charge is 0.197 e. The average Bonchev–Trinajstić information content (AvgIpc) is 3.35. The first-order valence-electron chi connectivity index (χ1n) is 13.1. The molecule has 0 aliphatic carbocycles. The van der Waals surface area contributed by atoms with Crippen LogP contribution in [0, 0.1) is 0 Å². The third-order valence-electron chi connectivity index (χ3n) is 6.82. The number of hydrogen-bond donors (Lipinski definition) is 2. The number of phenolic OH excluding ortho intramolecular Hbond substituents is 1. The second-order valence-corrected chi connectivity index (χ2v) is 9.48. The number of aliphatic hydroxyl groups excluding tert-OH is 1. The predicted octanol–water partition coefficient (Wildman–Crippen LogP) is 7.49. The van der Waals surface area contributed by atoms with E-state index >= 15 is 0 Å². The standard InChI is InChI=1S/C30H36O7/c1-4-5-6-7-8-9-10-11-12-21(31)27-16-20-25(34-2)18-28-29(30(20)37-27)23(33)17-24(36-28)19-13-14-22(32)26(15-19)35-3/h13-18,21,31-32H,4-12H2,1-3H3. The Kier molecular flexibility index (Phi) is 8.77. The van der Waals surface area contributed by atoms with Gasteiger partial charge in [-0.15, -0.1) is 0 Å². The van der Waals surface area contributed by atoms with Crippen LogP contribution in [-0.2, 0) is 0 Å². The second kappa shape index (κ2) is 12.2. The van der Waals surface area contributed by atoms with Crippen LogP contribution in [0.1, 0.15) is 76.6 Å². The van der Waals surface area contributed by atoms with Gasteiger partial charge in [0.25, 0.3) is 0 Å². The van der Waals surface area contributed by atoms with Gasteiger partial charge in [0, 0.05) is 17.7 Å². The van der Waals surface area contributed by atoms with Gasteiger partial charge in [0.1, 0.15) is 34.3 Å². The van der Waals surface area contributed by atoms with E-state index in [4.69, 9.17) is 18.3 Å². The van der Waals surface area contributed by atoms with Crippen LogP contribution in [0.4, 0.5) is 0 Å². The first kappa shape index (κ1) is 26.6. The van der Waals surface area contributed by atoms with Crippen molar-refractivity contribution in [2.24, 2.45) is 0 Å². The van der Waals surface area contributed by atoms with Gasteiger partial charge in [-0.05, 0) is 30.7 Å². The minimum Gasteiger partial charge on any atom is -0.504 e. The lowest BCUT2D eigenvalue weighted by Crippen LogP contribution is -2.01. The van der Waals surface area contributed by atoms with Crippen molar-refractivity contribution in [3.63, 3.8) is 0 Å². The van der Waals surface area contributed by atoms with E-state index in [2.05, 4.69) is 6.92 Å². The van der Waals surface area contributed by atoms with Crippen LogP contribution in [0.5, 0.6) is 17.2 Å². The van der Waals surface area contributed by atoms with E-state index in [-0.39, 0.29) is 22.3 Å². The first-order chi connectivity index (χ1) is 18.0. The SMILES string of the molecule is CCCCCCCCCCC(O)c1cc2c(OC)cc3oc(-c4ccc(O)c(OC)c4)cc(=O)c3c2o1. The maximum atomic E-state index is 13.2. The normalized spacial score (nSPS) is 12.3. The van der Waals surface area contributed by atoms with Crippen molar-refractivity contribution >= 4 is 21.9 Å². The van der Waals surface area contributed by atoms with Crippen molar-refractivity contribution in [2.45, 2.75) is 70.8 Å². The molecule has 7 heteroatoms. The Bertz CT molecular complexity index is 1400.